The van der Waals surface area contributed by atoms with Gasteiger partial charge in [-0.2, -0.15) is 0 Å². The highest BCUT2D eigenvalue weighted by molar-refractivity contribution is 9.09. The number of aliphatic hydroxyl groups is 2. The standard InChI is InChI=1S/C7H9BrO4/c1-3-5(10)6(11)7(12-3)4(9)2-8/h1,3,5-7,10-11H,2H2/t3-,5?,6+,7+/m0/s1. The molecule has 12 heavy (non-hydrogen) atoms. The van der Waals surface area contributed by atoms with E-state index in [1.165, 1.54) is 0 Å². The van der Waals surface area contributed by atoms with Crippen LogP contribution in [0.4, 0.5) is 0 Å². The van der Waals surface area contributed by atoms with Gasteiger partial charge in [0.1, 0.15) is 18.3 Å². The summed E-state index contributed by atoms with van der Waals surface area (Å²) in [6.45, 7) is 5.25. The molecule has 1 aliphatic rings. The van der Waals surface area contributed by atoms with E-state index in [9.17, 15) is 9.90 Å². The lowest BCUT2D eigenvalue weighted by atomic mass is 10.1. The van der Waals surface area contributed by atoms with Crippen molar-refractivity contribution in [1.29, 1.82) is 0 Å². The first kappa shape index (κ1) is 10.1. The van der Waals surface area contributed by atoms with Gasteiger partial charge in [-0.25, -0.2) is 0 Å². The van der Waals surface area contributed by atoms with E-state index in [0.29, 0.717) is 0 Å². The molecule has 1 saturated heterocycles. The second-order valence-electron chi connectivity index (χ2n) is 2.60. The number of Topliss-reactive ketones (excluding diaryl/α,β-unsaturated/α-hetero) is 1. The minimum absolute atomic E-state index is 0.0775. The zero-order valence-electron chi connectivity index (χ0n) is 6.18. The minimum Gasteiger partial charge on any atom is -0.388 e. The SMILES string of the molecule is [CH][C@@H]1O[C@H](C(=O)CBr)[C@H](O)C1O. The van der Waals surface area contributed by atoms with Crippen LogP contribution >= 0.6 is 15.9 Å². The Labute approximate surface area is 78.7 Å². The molecule has 1 fully saturated rings. The molecular weight excluding hydrogens is 228 g/mol. The third kappa shape index (κ3) is 1.69. The molecule has 1 unspecified atom stereocenters. The van der Waals surface area contributed by atoms with Gasteiger partial charge in [-0.3, -0.25) is 4.79 Å². The third-order valence-electron chi connectivity index (χ3n) is 1.75. The van der Waals surface area contributed by atoms with Crippen LogP contribution in [-0.2, 0) is 9.53 Å². The van der Waals surface area contributed by atoms with Crippen molar-refractivity contribution < 1.29 is 19.7 Å². The van der Waals surface area contributed by atoms with Gasteiger partial charge in [-0.05, 0) is 6.92 Å². The summed E-state index contributed by atoms with van der Waals surface area (Å²) in [6.07, 6.45) is -4.38. The summed E-state index contributed by atoms with van der Waals surface area (Å²) in [5.41, 5.74) is 0. The number of aliphatic hydroxyl groups excluding tert-OH is 2. The van der Waals surface area contributed by atoms with Crippen molar-refractivity contribution in [2.45, 2.75) is 24.4 Å². The Bertz CT molecular complexity index is 184. The Morgan fingerprint density at radius 1 is 1.50 bits per heavy atom. The number of hydrogen-bond acceptors (Lipinski definition) is 4. The molecule has 1 rings (SSSR count). The number of alkyl halides is 1. The number of carbonyl (C=O) groups is 1. The van der Waals surface area contributed by atoms with Crippen molar-refractivity contribution in [2.75, 3.05) is 5.33 Å². The summed E-state index contributed by atoms with van der Waals surface area (Å²) in [6, 6.07) is 0. The molecule has 4 atom stereocenters. The van der Waals surface area contributed by atoms with E-state index >= 15 is 0 Å². The molecule has 0 aromatic rings. The fraction of sp³-hybridized carbons (Fsp3) is 0.714. The van der Waals surface area contributed by atoms with Crippen molar-refractivity contribution in [3.63, 3.8) is 0 Å². The molecule has 0 aliphatic carbocycles. The van der Waals surface area contributed by atoms with E-state index in [1.54, 1.807) is 0 Å². The monoisotopic (exact) mass is 236 g/mol. The molecule has 0 saturated carbocycles. The quantitative estimate of drug-likeness (QED) is 0.614. The molecule has 4 nitrogen and oxygen atoms in total. The van der Waals surface area contributed by atoms with Crippen LogP contribution in [0, 0.1) is 6.92 Å². The Morgan fingerprint density at radius 3 is 2.42 bits per heavy atom. The van der Waals surface area contributed by atoms with Crippen molar-refractivity contribution >= 4 is 21.7 Å². The maximum absolute atomic E-state index is 11.0. The number of hydrogen-bond donors (Lipinski definition) is 2. The molecule has 0 aromatic carbocycles. The zero-order valence-corrected chi connectivity index (χ0v) is 7.77. The average molecular weight is 237 g/mol. The summed E-state index contributed by atoms with van der Waals surface area (Å²) in [5, 5.41) is 18.4. The molecule has 1 aliphatic heterocycles. The Morgan fingerprint density at radius 2 is 2.08 bits per heavy atom. The van der Waals surface area contributed by atoms with Crippen LogP contribution in [0.1, 0.15) is 0 Å². The van der Waals surface area contributed by atoms with E-state index in [-0.39, 0.29) is 11.1 Å². The lowest BCUT2D eigenvalue weighted by Crippen LogP contribution is -2.36. The van der Waals surface area contributed by atoms with Crippen molar-refractivity contribution in [3.05, 3.63) is 6.92 Å². The summed E-state index contributed by atoms with van der Waals surface area (Å²) < 4.78 is 4.84. The molecule has 0 aromatic heterocycles. The van der Waals surface area contributed by atoms with Gasteiger partial charge in [-0.1, -0.05) is 15.9 Å². The second kappa shape index (κ2) is 3.83. The first-order chi connectivity index (χ1) is 5.57. The van der Waals surface area contributed by atoms with Gasteiger partial charge < -0.3 is 14.9 Å². The van der Waals surface area contributed by atoms with Gasteiger partial charge in [0.25, 0.3) is 0 Å². The molecule has 0 spiro atoms. The van der Waals surface area contributed by atoms with Crippen LogP contribution < -0.4 is 0 Å². The van der Waals surface area contributed by atoms with Gasteiger partial charge in [0.2, 0.25) is 0 Å². The van der Waals surface area contributed by atoms with E-state index in [4.69, 9.17) is 16.8 Å². The molecule has 1 heterocycles. The predicted molar refractivity (Wildman–Crippen MR) is 43.8 cm³/mol. The zero-order chi connectivity index (χ0) is 9.30. The minimum atomic E-state index is -1.22. The highest BCUT2D eigenvalue weighted by atomic mass is 79.9. The van der Waals surface area contributed by atoms with Gasteiger partial charge in [0.05, 0.1) is 11.4 Å². The van der Waals surface area contributed by atoms with E-state index in [2.05, 4.69) is 15.9 Å². The first-order valence-corrected chi connectivity index (χ1v) is 4.56. The first-order valence-electron chi connectivity index (χ1n) is 3.43. The van der Waals surface area contributed by atoms with Gasteiger partial charge in [0, 0.05) is 0 Å². The van der Waals surface area contributed by atoms with Crippen LogP contribution in [0.25, 0.3) is 0 Å². The van der Waals surface area contributed by atoms with Crippen molar-refractivity contribution in [3.8, 4) is 0 Å². The molecule has 0 amide bonds. The second-order valence-corrected chi connectivity index (χ2v) is 3.16. The average Bonchev–Trinajstić information content (AvgIpc) is 2.32. The summed E-state index contributed by atoms with van der Waals surface area (Å²) in [5.74, 6) is -0.325. The predicted octanol–water partition coefficient (Wildman–Crippen LogP) is -0.849. The number of ketones is 1. The highest BCUT2D eigenvalue weighted by Crippen LogP contribution is 2.21. The van der Waals surface area contributed by atoms with E-state index in [0.717, 1.165) is 0 Å². The van der Waals surface area contributed by atoms with E-state index in [1.807, 2.05) is 0 Å². The fourth-order valence-electron chi connectivity index (χ4n) is 1.05. The maximum atomic E-state index is 11.0. The van der Waals surface area contributed by atoms with Crippen molar-refractivity contribution in [1.82, 2.24) is 0 Å². The Kier molecular flexibility index (Phi) is 3.22. The normalized spacial score (nSPS) is 41.7. The Hall–Kier alpha value is 0.0300. The van der Waals surface area contributed by atoms with Crippen molar-refractivity contribution in [2.24, 2.45) is 0 Å². The highest BCUT2D eigenvalue weighted by Gasteiger charge is 2.43. The topological polar surface area (TPSA) is 66.8 Å². The Balaban J connectivity index is 2.64. The number of ether oxygens (including phenoxy) is 1. The van der Waals surface area contributed by atoms with E-state index < -0.39 is 24.4 Å². The molecule has 5 heteroatoms. The van der Waals surface area contributed by atoms with Crippen LogP contribution in [0.5, 0.6) is 0 Å². The van der Waals surface area contributed by atoms with Gasteiger partial charge >= 0.3 is 0 Å². The summed E-state index contributed by atoms with van der Waals surface area (Å²) in [4.78, 5) is 11.0. The van der Waals surface area contributed by atoms with Crippen LogP contribution in [-0.4, -0.2) is 45.7 Å². The van der Waals surface area contributed by atoms with Crippen LogP contribution in [0.15, 0.2) is 0 Å². The lowest BCUT2D eigenvalue weighted by Gasteiger charge is -2.11. The van der Waals surface area contributed by atoms with Gasteiger partial charge in [-0.15, -0.1) is 0 Å². The number of halogens is 1. The fourth-order valence-corrected chi connectivity index (χ4v) is 1.37. The molecule has 0 bridgehead atoms. The van der Waals surface area contributed by atoms with Crippen LogP contribution in [0.2, 0.25) is 0 Å². The number of rotatable bonds is 2. The lowest BCUT2D eigenvalue weighted by molar-refractivity contribution is -0.129. The largest absolute Gasteiger partial charge is 0.388 e. The maximum Gasteiger partial charge on any atom is 0.174 e. The molecule has 2 N–H and O–H groups in total. The smallest absolute Gasteiger partial charge is 0.174 e. The molecular formula is C7H9BrO4. The molecule has 68 valence electrons. The number of carbonyl (C=O) groups excluding carboxylic acids is 1. The molecule has 2 radical (unpaired) electrons. The van der Waals surface area contributed by atoms with Crippen LogP contribution in [0.3, 0.4) is 0 Å². The third-order valence-corrected chi connectivity index (χ3v) is 2.30. The summed E-state index contributed by atoms with van der Waals surface area (Å²) >= 11 is 2.93. The van der Waals surface area contributed by atoms with Gasteiger partial charge in [0.15, 0.2) is 5.78 Å². The summed E-state index contributed by atoms with van der Waals surface area (Å²) in [7, 11) is 0.